The summed E-state index contributed by atoms with van der Waals surface area (Å²) in [4.78, 5) is 10.2. The molecule has 0 heterocycles. The van der Waals surface area contributed by atoms with E-state index >= 15 is 0 Å². The standard InChI is InChI=1S/C5H7NO/c1-2-5(7)3-4-6/h2-3H2,1H3. The van der Waals surface area contributed by atoms with Crippen LogP contribution in [-0.2, 0) is 4.79 Å². The molecular weight excluding hydrogens is 90.1 g/mol. The molecule has 0 aromatic heterocycles. The summed E-state index contributed by atoms with van der Waals surface area (Å²) in [6.45, 7) is 1.75. The molecule has 0 saturated carbocycles. The van der Waals surface area contributed by atoms with Crippen LogP contribution in [0.4, 0.5) is 0 Å². The van der Waals surface area contributed by atoms with E-state index in [9.17, 15) is 4.79 Å². The SMILES string of the molecule is CCC(=O)CC#N. The van der Waals surface area contributed by atoms with Crippen molar-refractivity contribution in [2.24, 2.45) is 0 Å². The van der Waals surface area contributed by atoms with Gasteiger partial charge in [0.25, 0.3) is 0 Å². The minimum Gasteiger partial charge on any atom is -0.299 e. The lowest BCUT2D eigenvalue weighted by molar-refractivity contribution is -0.117. The molecule has 7 heavy (non-hydrogen) atoms. The first-order valence-electron chi connectivity index (χ1n) is 2.20. The Balaban J connectivity index is 3.23. The smallest absolute Gasteiger partial charge is 0.146 e. The average molecular weight is 97.1 g/mol. The summed E-state index contributed by atoms with van der Waals surface area (Å²) in [5, 5.41) is 7.90. The fourth-order valence-electron chi connectivity index (χ4n) is 0.213. The van der Waals surface area contributed by atoms with Crippen LogP contribution >= 0.6 is 0 Å². The zero-order chi connectivity index (χ0) is 5.70. The van der Waals surface area contributed by atoms with E-state index in [4.69, 9.17) is 5.26 Å². The third kappa shape index (κ3) is 2.98. The monoisotopic (exact) mass is 97.1 g/mol. The van der Waals surface area contributed by atoms with Gasteiger partial charge in [0.2, 0.25) is 0 Å². The zero-order valence-electron chi connectivity index (χ0n) is 4.27. The molecule has 38 valence electrons. The fraction of sp³-hybridized carbons (Fsp3) is 0.600. The van der Waals surface area contributed by atoms with Crippen molar-refractivity contribution in [2.45, 2.75) is 19.8 Å². The molecule has 0 atom stereocenters. The van der Waals surface area contributed by atoms with Crippen molar-refractivity contribution in [3.05, 3.63) is 0 Å². The Morgan fingerprint density at radius 3 is 2.57 bits per heavy atom. The van der Waals surface area contributed by atoms with Crippen molar-refractivity contribution in [3.8, 4) is 6.07 Å². The molecule has 0 unspecified atom stereocenters. The molecule has 0 aromatic rings. The van der Waals surface area contributed by atoms with Crippen LogP contribution in [0.1, 0.15) is 19.8 Å². The van der Waals surface area contributed by atoms with Crippen molar-refractivity contribution < 1.29 is 4.79 Å². The van der Waals surface area contributed by atoms with Crippen molar-refractivity contribution in [1.82, 2.24) is 0 Å². The summed E-state index contributed by atoms with van der Waals surface area (Å²) in [6.07, 6.45) is 0.546. The molecule has 0 bridgehead atoms. The molecule has 0 rings (SSSR count). The number of carbonyl (C=O) groups excluding carboxylic acids is 1. The number of nitriles is 1. The van der Waals surface area contributed by atoms with Gasteiger partial charge in [0, 0.05) is 6.42 Å². The maximum atomic E-state index is 10.2. The zero-order valence-corrected chi connectivity index (χ0v) is 4.27. The Hall–Kier alpha value is -0.840. The minimum absolute atomic E-state index is 0.0162. The molecule has 0 radical (unpaired) electrons. The highest BCUT2D eigenvalue weighted by Crippen LogP contribution is 1.83. The maximum Gasteiger partial charge on any atom is 0.146 e. The largest absolute Gasteiger partial charge is 0.299 e. The second-order valence-corrected chi connectivity index (χ2v) is 1.23. The third-order valence-corrected chi connectivity index (χ3v) is 0.671. The summed E-state index contributed by atoms with van der Waals surface area (Å²) in [6, 6.07) is 1.77. The molecule has 0 N–H and O–H groups in total. The summed E-state index contributed by atoms with van der Waals surface area (Å²) in [5.74, 6) is 0.0162. The molecule has 0 aliphatic rings. The molecule has 0 aromatic carbocycles. The molecule has 2 nitrogen and oxygen atoms in total. The lowest BCUT2D eigenvalue weighted by Gasteiger charge is -1.79. The van der Waals surface area contributed by atoms with Crippen LogP contribution in [0.15, 0.2) is 0 Å². The fourth-order valence-corrected chi connectivity index (χ4v) is 0.213. The highest BCUT2D eigenvalue weighted by molar-refractivity contribution is 5.79. The first-order valence-corrected chi connectivity index (χ1v) is 2.20. The third-order valence-electron chi connectivity index (χ3n) is 0.671. The second kappa shape index (κ2) is 3.35. The van der Waals surface area contributed by atoms with Gasteiger partial charge in [0.15, 0.2) is 0 Å². The summed E-state index contributed by atoms with van der Waals surface area (Å²) < 4.78 is 0. The van der Waals surface area contributed by atoms with Crippen molar-refractivity contribution in [1.29, 1.82) is 5.26 Å². The molecule has 0 amide bonds. The van der Waals surface area contributed by atoms with E-state index in [-0.39, 0.29) is 12.2 Å². The Labute approximate surface area is 42.8 Å². The van der Waals surface area contributed by atoms with Crippen LogP contribution in [-0.4, -0.2) is 5.78 Å². The van der Waals surface area contributed by atoms with Gasteiger partial charge in [-0.2, -0.15) is 5.26 Å². The number of ketones is 1. The Morgan fingerprint density at radius 1 is 1.86 bits per heavy atom. The van der Waals surface area contributed by atoms with Crippen LogP contribution in [0.25, 0.3) is 0 Å². The van der Waals surface area contributed by atoms with Crippen LogP contribution in [0, 0.1) is 11.3 Å². The number of carbonyl (C=O) groups is 1. The number of Topliss-reactive ketones (excluding diaryl/α,β-unsaturated/α-hetero) is 1. The minimum atomic E-state index is 0.0162. The molecule has 0 aliphatic carbocycles. The number of rotatable bonds is 2. The van der Waals surface area contributed by atoms with Gasteiger partial charge in [0.05, 0.1) is 12.5 Å². The van der Waals surface area contributed by atoms with Gasteiger partial charge in [0.1, 0.15) is 5.78 Å². The highest BCUT2D eigenvalue weighted by atomic mass is 16.1. The first-order chi connectivity index (χ1) is 3.31. The van der Waals surface area contributed by atoms with Crippen LogP contribution in [0.2, 0.25) is 0 Å². The normalized spacial score (nSPS) is 7.43. The highest BCUT2D eigenvalue weighted by Gasteiger charge is 1.91. The van der Waals surface area contributed by atoms with Crippen LogP contribution in [0.3, 0.4) is 0 Å². The predicted molar refractivity (Wildman–Crippen MR) is 25.5 cm³/mol. The topological polar surface area (TPSA) is 40.9 Å². The van der Waals surface area contributed by atoms with Gasteiger partial charge in [-0.3, -0.25) is 4.79 Å². The van der Waals surface area contributed by atoms with E-state index < -0.39 is 0 Å². The summed E-state index contributed by atoms with van der Waals surface area (Å²) in [7, 11) is 0. The number of hydrogen-bond acceptors (Lipinski definition) is 2. The lowest BCUT2D eigenvalue weighted by atomic mass is 10.2. The van der Waals surface area contributed by atoms with Crippen LogP contribution in [0.5, 0.6) is 0 Å². The van der Waals surface area contributed by atoms with E-state index in [0.29, 0.717) is 6.42 Å². The van der Waals surface area contributed by atoms with Gasteiger partial charge in [-0.05, 0) is 0 Å². The number of nitrogens with zero attached hydrogens (tertiary/aromatic N) is 1. The van der Waals surface area contributed by atoms with E-state index in [1.54, 1.807) is 13.0 Å². The summed E-state index contributed by atoms with van der Waals surface area (Å²) in [5.41, 5.74) is 0. The molecule has 2 heteroatoms. The first kappa shape index (κ1) is 6.16. The van der Waals surface area contributed by atoms with E-state index in [1.165, 1.54) is 0 Å². The van der Waals surface area contributed by atoms with Crippen molar-refractivity contribution in [3.63, 3.8) is 0 Å². The van der Waals surface area contributed by atoms with E-state index in [1.807, 2.05) is 0 Å². The van der Waals surface area contributed by atoms with Crippen LogP contribution < -0.4 is 0 Å². The van der Waals surface area contributed by atoms with Crippen molar-refractivity contribution in [2.75, 3.05) is 0 Å². The van der Waals surface area contributed by atoms with Gasteiger partial charge in [-0.1, -0.05) is 6.92 Å². The van der Waals surface area contributed by atoms with Gasteiger partial charge in [-0.15, -0.1) is 0 Å². The molecule has 0 saturated heterocycles. The Kier molecular flexibility index (Phi) is 2.95. The van der Waals surface area contributed by atoms with Gasteiger partial charge >= 0.3 is 0 Å². The molecule has 0 fully saturated rings. The van der Waals surface area contributed by atoms with Gasteiger partial charge in [-0.25, -0.2) is 0 Å². The lowest BCUT2D eigenvalue weighted by Crippen LogP contribution is -1.89. The summed E-state index contributed by atoms with van der Waals surface area (Å²) >= 11 is 0. The Morgan fingerprint density at radius 2 is 2.43 bits per heavy atom. The predicted octanol–water partition coefficient (Wildman–Crippen LogP) is 0.879. The quantitative estimate of drug-likeness (QED) is 0.513. The van der Waals surface area contributed by atoms with Gasteiger partial charge < -0.3 is 0 Å². The average Bonchev–Trinajstić information content (AvgIpc) is 1.68. The second-order valence-electron chi connectivity index (χ2n) is 1.23. The van der Waals surface area contributed by atoms with E-state index in [2.05, 4.69) is 0 Å². The molecule has 0 aliphatic heterocycles. The maximum absolute atomic E-state index is 10.2. The molecular formula is C5H7NO. The molecule has 0 spiro atoms. The number of hydrogen-bond donors (Lipinski definition) is 0. The Bertz CT molecular complexity index is 101. The van der Waals surface area contributed by atoms with E-state index in [0.717, 1.165) is 0 Å². The van der Waals surface area contributed by atoms with Crippen molar-refractivity contribution >= 4 is 5.78 Å².